The van der Waals surface area contributed by atoms with Crippen LogP contribution in [0.1, 0.15) is 0 Å². The van der Waals surface area contributed by atoms with Crippen molar-refractivity contribution in [1.82, 2.24) is 9.97 Å². The van der Waals surface area contributed by atoms with Crippen LogP contribution in [0.4, 0.5) is 10.3 Å². The number of rotatable bonds is 4. The number of nitrogens with one attached hydrogen (secondary N) is 2. The lowest BCUT2D eigenvalue weighted by molar-refractivity contribution is -0.113. The molecule has 0 bridgehead atoms. The zero-order valence-corrected chi connectivity index (χ0v) is 11.8. The number of aromatic amines is 1. The maximum Gasteiger partial charge on any atom is 0.237 e. The highest BCUT2D eigenvalue weighted by Gasteiger charge is 2.07. The Morgan fingerprint density at radius 3 is 2.71 bits per heavy atom. The van der Waals surface area contributed by atoms with Crippen LogP contribution in [-0.4, -0.2) is 21.6 Å². The molecular formula is C15H12FN3OS. The van der Waals surface area contributed by atoms with Gasteiger partial charge in [-0.1, -0.05) is 12.1 Å². The van der Waals surface area contributed by atoms with Gasteiger partial charge in [-0.05, 0) is 36.4 Å². The number of anilines is 1. The number of hydrogen-bond acceptors (Lipinski definition) is 3. The molecule has 4 nitrogen and oxygen atoms in total. The molecule has 0 unspecified atom stereocenters. The molecule has 1 amide bonds. The minimum atomic E-state index is -0.286. The van der Waals surface area contributed by atoms with Crippen molar-refractivity contribution in [3.05, 3.63) is 54.3 Å². The number of nitrogens with zero attached hydrogens (tertiary/aromatic N) is 1. The minimum absolute atomic E-state index is 0.164. The number of carbonyl (C=O) groups excluding carboxylic acids is 1. The van der Waals surface area contributed by atoms with Crippen LogP contribution in [0.15, 0.2) is 53.4 Å². The van der Waals surface area contributed by atoms with Gasteiger partial charge in [0.1, 0.15) is 5.82 Å². The Kier molecular flexibility index (Phi) is 3.87. The van der Waals surface area contributed by atoms with E-state index in [1.54, 1.807) is 12.1 Å². The van der Waals surface area contributed by atoms with Crippen LogP contribution < -0.4 is 5.32 Å². The van der Waals surface area contributed by atoms with Gasteiger partial charge in [-0.3, -0.25) is 10.1 Å². The summed E-state index contributed by atoms with van der Waals surface area (Å²) in [5.41, 5.74) is 1.68. The highest BCUT2D eigenvalue weighted by molar-refractivity contribution is 8.00. The Bertz CT molecular complexity index is 737. The lowest BCUT2D eigenvalue weighted by Gasteiger charge is -2.02. The van der Waals surface area contributed by atoms with E-state index < -0.39 is 0 Å². The van der Waals surface area contributed by atoms with Gasteiger partial charge < -0.3 is 4.98 Å². The number of H-pyrrole nitrogens is 1. The molecule has 0 aliphatic rings. The molecule has 0 spiro atoms. The normalized spacial score (nSPS) is 10.7. The highest BCUT2D eigenvalue weighted by Crippen LogP contribution is 2.18. The second-order valence-corrected chi connectivity index (χ2v) is 5.44. The smallest absolute Gasteiger partial charge is 0.237 e. The Morgan fingerprint density at radius 2 is 1.95 bits per heavy atom. The molecule has 0 atom stereocenters. The molecule has 0 fully saturated rings. The topological polar surface area (TPSA) is 57.8 Å². The molecule has 1 heterocycles. The SMILES string of the molecule is O=C(CSc1ccc(F)cc1)Nc1nc2ccccc2[nH]1. The lowest BCUT2D eigenvalue weighted by atomic mass is 10.3. The number of para-hydroxylation sites is 2. The van der Waals surface area contributed by atoms with Gasteiger partial charge in [0, 0.05) is 4.90 Å². The van der Waals surface area contributed by atoms with Crippen molar-refractivity contribution in [2.24, 2.45) is 0 Å². The van der Waals surface area contributed by atoms with Crippen molar-refractivity contribution in [3.63, 3.8) is 0 Å². The summed E-state index contributed by atoms with van der Waals surface area (Å²) in [6, 6.07) is 13.6. The van der Waals surface area contributed by atoms with Gasteiger partial charge in [0.05, 0.1) is 16.8 Å². The number of benzene rings is 2. The second kappa shape index (κ2) is 5.97. The van der Waals surface area contributed by atoms with E-state index in [-0.39, 0.29) is 17.5 Å². The first-order valence-corrected chi connectivity index (χ1v) is 7.32. The zero-order chi connectivity index (χ0) is 14.7. The fraction of sp³-hybridized carbons (Fsp3) is 0.0667. The summed E-state index contributed by atoms with van der Waals surface area (Å²) < 4.78 is 12.8. The Balaban J connectivity index is 1.59. The van der Waals surface area contributed by atoms with Crippen LogP contribution in [0.25, 0.3) is 11.0 Å². The van der Waals surface area contributed by atoms with E-state index in [4.69, 9.17) is 0 Å². The number of amides is 1. The van der Waals surface area contributed by atoms with Crippen LogP contribution in [0, 0.1) is 5.82 Å². The van der Waals surface area contributed by atoms with Gasteiger partial charge in [0.15, 0.2) is 0 Å². The average molecular weight is 301 g/mol. The predicted octanol–water partition coefficient (Wildman–Crippen LogP) is 3.43. The molecule has 3 aromatic rings. The van der Waals surface area contributed by atoms with Crippen LogP contribution >= 0.6 is 11.8 Å². The van der Waals surface area contributed by atoms with Gasteiger partial charge >= 0.3 is 0 Å². The number of fused-ring (bicyclic) bond motifs is 1. The molecule has 0 saturated heterocycles. The lowest BCUT2D eigenvalue weighted by Crippen LogP contribution is -2.14. The monoisotopic (exact) mass is 301 g/mol. The number of thioether (sulfide) groups is 1. The van der Waals surface area contributed by atoms with E-state index in [0.29, 0.717) is 5.95 Å². The van der Waals surface area contributed by atoms with Crippen molar-refractivity contribution in [1.29, 1.82) is 0 Å². The number of imidazole rings is 1. The van der Waals surface area contributed by atoms with Gasteiger partial charge in [-0.15, -0.1) is 11.8 Å². The summed E-state index contributed by atoms with van der Waals surface area (Å²) in [5, 5.41) is 2.71. The molecule has 2 N–H and O–H groups in total. The van der Waals surface area contributed by atoms with Crippen LogP contribution in [0.3, 0.4) is 0 Å². The predicted molar refractivity (Wildman–Crippen MR) is 81.8 cm³/mol. The molecule has 1 aromatic heterocycles. The molecule has 21 heavy (non-hydrogen) atoms. The Morgan fingerprint density at radius 1 is 1.19 bits per heavy atom. The van der Waals surface area contributed by atoms with Gasteiger partial charge in [-0.2, -0.15) is 0 Å². The third-order valence-corrected chi connectivity index (χ3v) is 3.84. The number of hydrogen-bond donors (Lipinski definition) is 2. The van der Waals surface area contributed by atoms with E-state index in [1.165, 1.54) is 23.9 Å². The van der Waals surface area contributed by atoms with Crippen molar-refractivity contribution in [2.75, 3.05) is 11.1 Å². The summed E-state index contributed by atoms with van der Waals surface area (Å²) in [6.07, 6.45) is 0. The van der Waals surface area contributed by atoms with Crippen LogP contribution in [0.2, 0.25) is 0 Å². The van der Waals surface area contributed by atoms with E-state index in [1.807, 2.05) is 24.3 Å². The summed E-state index contributed by atoms with van der Waals surface area (Å²) in [7, 11) is 0. The van der Waals surface area contributed by atoms with Gasteiger partial charge in [0.2, 0.25) is 11.9 Å². The summed E-state index contributed by atoms with van der Waals surface area (Å²) in [5.74, 6) is 0.221. The molecule has 0 radical (unpaired) electrons. The first kappa shape index (κ1) is 13.6. The van der Waals surface area contributed by atoms with Crippen LogP contribution in [-0.2, 0) is 4.79 Å². The fourth-order valence-electron chi connectivity index (χ4n) is 1.86. The average Bonchev–Trinajstić information content (AvgIpc) is 2.88. The largest absolute Gasteiger partial charge is 0.324 e. The maximum absolute atomic E-state index is 12.8. The zero-order valence-electron chi connectivity index (χ0n) is 11.0. The van der Waals surface area contributed by atoms with Crippen molar-refractivity contribution in [2.45, 2.75) is 4.90 Å². The third-order valence-electron chi connectivity index (χ3n) is 2.83. The molecule has 3 rings (SSSR count). The van der Waals surface area contributed by atoms with Crippen molar-refractivity contribution < 1.29 is 9.18 Å². The summed E-state index contributed by atoms with van der Waals surface area (Å²) in [4.78, 5) is 20.0. The number of halogens is 1. The summed E-state index contributed by atoms with van der Waals surface area (Å²) >= 11 is 1.34. The molecular weight excluding hydrogens is 289 g/mol. The van der Waals surface area contributed by atoms with Crippen LogP contribution in [0.5, 0.6) is 0 Å². The molecule has 0 aliphatic heterocycles. The van der Waals surface area contributed by atoms with E-state index in [2.05, 4.69) is 15.3 Å². The first-order valence-electron chi connectivity index (χ1n) is 6.34. The molecule has 0 saturated carbocycles. The number of carbonyl (C=O) groups is 1. The summed E-state index contributed by atoms with van der Waals surface area (Å²) in [6.45, 7) is 0. The molecule has 106 valence electrons. The van der Waals surface area contributed by atoms with E-state index >= 15 is 0 Å². The maximum atomic E-state index is 12.8. The first-order chi connectivity index (χ1) is 10.2. The highest BCUT2D eigenvalue weighted by atomic mass is 32.2. The quantitative estimate of drug-likeness (QED) is 0.726. The fourth-order valence-corrected chi connectivity index (χ4v) is 2.56. The third kappa shape index (κ3) is 3.41. The second-order valence-electron chi connectivity index (χ2n) is 4.39. The minimum Gasteiger partial charge on any atom is -0.324 e. The van der Waals surface area contributed by atoms with Crippen molar-refractivity contribution >= 4 is 34.7 Å². The van der Waals surface area contributed by atoms with E-state index in [9.17, 15) is 9.18 Å². The molecule has 2 aromatic carbocycles. The Hall–Kier alpha value is -2.34. The Labute approximate surface area is 124 Å². The van der Waals surface area contributed by atoms with Gasteiger partial charge in [0.25, 0.3) is 0 Å². The number of aromatic nitrogens is 2. The standard InChI is InChI=1S/C15H12FN3OS/c16-10-5-7-11(8-6-10)21-9-14(20)19-15-17-12-3-1-2-4-13(12)18-15/h1-8H,9H2,(H2,17,18,19,20). The molecule has 6 heteroatoms. The van der Waals surface area contributed by atoms with E-state index in [0.717, 1.165) is 15.9 Å². The molecule has 0 aliphatic carbocycles. The van der Waals surface area contributed by atoms with Gasteiger partial charge in [-0.25, -0.2) is 9.37 Å². The van der Waals surface area contributed by atoms with Crippen molar-refractivity contribution in [3.8, 4) is 0 Å².